The fraction of sp³-hybridized carbons (Fsp3) is 0.579. The Balaban J connectivity index is 1.07. The molecule has 3 saturated heterocycles. The molecule has 4 aromatic rings. The maximum absolute atomic E-state index is 16.5. The van der Waals surface area contributed by atoms with E-state index in [2.05, 4.69) is 15.0 Å². The number of nitrogen functional groups attached to an aromatic ring is 1. The molecule has 3 unspecified atom stereocenters. The summed E-state index contributed by atoms with van der Waals surface area (Å²) in [5.74, 6) is -0.685. The first kappa shape index (κ1) is 47.1. The monoisotopic (exact) mass is 941 g/mol. The van der Waals surface area contributed by atoms with Gasteiger partial charge in [0.2, 0.25) is 0 Å². The van der Waals surface area contributed by atoms with E-state index in [9.17, 15) is 28.4 Å². The second-order valence-corrected chi connectivity index (χ2v) is 20.8. The molecule has 0 saturated carbocycles. The molecule has 10 atom stereocenters. The number of aliphatic hydroxyl groups is 1. The Labute approximate surface area is 364 Å². The number of phosphoric acid groups is 1. The minimum atomic E-state index is -4.99. The summed E-state index contributed by atoms with van der Waals surface area (Å²) in [4.78, 5) is 62.4. The summed E-state index contributed by atoms with van der Waals surface area (Å²) in [7, 11) is -4.99. The molecule has 5 N–H and O–H groups in total. The smallest absolute Gasteiger partial charge is 0.427 e. The Bertz CT molecular complexity index is 2410. The number of nitrogens with one attached hydrogen (secondary N) is 1. The molecule has 3 fully saturated rings. The minimum Gasteiger partial charge on any atom is -0.427 e. The number of fused-ring (bicyclic) bond motifs is 3. The molecular weight excluding hydrogens is 891 g/mol. The number of nitrogens with two attached hydrogens (primary N) is 1. The van der Waals surface area contributed by atoms with Gasteiger partial charge in [-0.25, -0.2) is 33.3 Å². The van der Waals surface area contributed by atoms with Gasteiger partial charge < -0.3 is 29.9 Å². The van der Waals surface area contributed by atoms with Gasteiger partial charge in [0.05, 0.1) is 19.5 Å². The molecule has 25 heteroatoms. The van der Waals surface area contributed by atoms with E-state index in [1.807, 2.05) is 4.98 Å². The van der Waals surface area contributed by atoms with Gasteiger partial charge in [-0.1, -0.05) is 57.6 Å². The van der Waals surface area contributed by atoms with Crippen LogP contribution in [-0.2, 0) is 47.2 Å². The summed E-state index contributed by atoms with van der Waals surface area (Å²) >= 11 is 0.702. The first-order valence-corrected chi connectivity index (χ1v) is 25.2. The van der Waals surface area contributed by atoms with Crippen molar-refractivity contribution in [3.8, 4) is 5.75 Å². The van der Waals surface area contributed by atoms with Crippen molar-refractivity contribution >= 4 is 49.0 Å². The second-order valence-electron chi connectivity index (χ2n) is 15.4. The number of ether oxygens (including phenoxy) is 3. The zero-order chi connectivity index (χ0) is 44.7. The highest BCUT2D eigenvalue weighted by molar-refractivity contribution is 8.54. The molecule has 63 heavy (non-hydrogen) atoms. The number of aromatic amines is 1. The van der Waals surface area contributed by atoms with Crippen molar-refractivity contribution in [3.05, 3.63) is 75.6 Å². The van der Waals surface area contributed by atoms with Crippen LogP contribution < -0.4 is 21.7 Å². The predicted octanol–water partition coefficient (Wildman–Crippen LogP) is 5.10. The van der Waals surface area contributed by atoms with E-state index >= 15 is 4.39 Å². The number of esters is 1. The van der Waals surface area contributed by atoms with E-state index in [0.29, 0.717) is 34.8 Å². The zero-order valence-electron chi connectivity index (χ0n) is 34.2. The number of carbonyl (C=O) groups is 1. The minimum absolute atomic E-state index is 0.0154. The van der Waals surface area contributed by atoms with Crippen LogP contribution in [-0.4, -0.2) is 95.4 Å². The van der Waals surface area contributed by atoms with E-state index in [1.54, 1.807) is 31.2 Å². The van der Waals surface area contributed by atoms with Gasteiger partial charge >= 0.3 is 26.3 Å². The number of rotatable bonds is 16. The van der Waals surface area contributed by atoms with Crippen LogP contribution >= 0.6 is 26.0 Å². The number of nitrogens with zero attached hydrogens (tertiary/aromatic N) is 5. The van der Waals surface area contributed by atoms with Gasteiger partial charge in [-0.3, -0.25) is 41.8 Å². The van der Waals surface area contributed by atoms with Crippen LogP contribution in [0.25, 0.3) is 11.2 Å². The van der Waals surface area contributed by atoms with Gasteiger partial charge in [0.15, 0.2) is 23.9 Å². The average molecular weight is 942 g/mol. The van der Waals surface area contributed by atoms with Crippen molar-refractivity contribution in [1.82, 2.24) is 29.1 Å². The molecule has 344 valence electrons. The highest BCUT2D eigenvalue weighted by Crippen LogP contribution is 2.65. The van der Waals surface area contributed by atoms with Gasteiger partial charge in [0, 0.05) is 37.0 Å². The number of alkyl halides is 1. The number of halogens is 1. The standard InChI is InChI=1S/C38H50FN7O14P2S/c1-23-32-26(57-36(23)46-22-43-31-34(40)41-21-42-35(31)46)19-55-62(53,63-20-24-11-13-25(14-12-24)56-29(49)10-8-6-4-2-3-5-7-9-17-47)60-33-27(18-54-61(51,52)59-32)58-37(30(33)39)45-16-15-28(48)44-38(45)50/h11-16,21-23,26-27,30,32-33,36-37,47H,2-10,17-20H2,1H3,(H,51,52)(H2,40,41,42)(H,44,48,50)/t23-,26-,27-,30?,32+,33-,36-,37-,62?/m1/s1. The maximum Gasteiger partial charge on any atom is 0.472 e. The van der Waals surface area contributed by atoms with Crippen molar-refractivity contribution in [2.24, 2.45) is 5.92 Å². The number of hydrogen-bond donors (Lipinski definition) is 4. The van der Waals surface area contributed by atoms with Crippen LogP contribution in [0.2, 0.25) is 0 Å². The quantitative estimate of drug-likeness (QED) is 0.0492. The lowest BCUT2D eigenvalue weighted by Crippen LogP contribution is -2.37. The number of carbonyl (C=O) groups excluding carboxylic acids is 1. The summed E-state index contributed by atoms with van der Waals surface area (Å²) in [6.45, 7) is -3.99. The Kier molecular flexibility index (Phi) is 15.7. The fourth-order valence-electron chi connectivity index (χ4n) is 7.56. The Morgan fingerprint density at radius 1 is 0.921 bits per heavy atom. The van der Waals surface area contributed by atoms with Crippen LogP contribution in [0.3, 0.4) is 0 Å². The first-order chi connectivity index (χ1) is 30.2. The Morgan fingerprint density at radius 2 is 1.60 bits per heavy atom. The number of aromatic nitrogens is 6. The third-order valence-corrected chi connectivity index (χ3v) is 15.5. The molecule has 21 nitrogen and oxygen atoms in total. The number of aliphatic hydroxyl groups excluding tert-OH is 1. The molecule has 6 heterocycles. The van der Waals surface area contributed by atoms with Gasteiger partial charge in [0.25, 0.3) is 5.56 Å². The van der Waals surface area contributed by atoms with Gasteiger partial charge in [0.1, 0.15) is 48.2 Å². The zero-order valence-corrected chi connectivity index (χ0v) is 36.8. The Morgan fingerprint density at radius 3 is 2.33 bits per heavy atom. The van der Waals surface area contributed by atoms with Crippen molar-refractivity contribution in [3.63, 3.8) is 0 Å². The van der Waals surface area contributed by atoms with Crippen molar-refractivity contribution in [2.45, 2.75) is 114 Å². The van der Waals surface area contributed by atoms with Crippen molar-refractivity contribution in [2.75, 3.05) is 25.6 Å². The highest BCUT2D eigenvalue weighted by atomic mass is 32.7. The third-order valence-electron chi connectivity index (χ3n) is 10.8. The maximum atomic E-state index is 16.5. The lowest BCUT2D eigenvalue weighted by atomic mass is 10.0. The van der Waals surface area contributed by atoms with Crippen molar-refractivity contribution in [1.29, 1.82) is 0 Å². The Hall–Kier alpha value is -3.86. The van der Waals surface area contributed by atoms with E-state index in [4.69, 9.17) is 43.1 Å². The predicted molar refractivity (Wildman–Crippen MR) is 224 cm³/mol. The molecule has 0 radical (unpaired) electrons. The lowest BCUT2D eigenvalue weighted by molar-refractivity contribution is -0.134. The summed E-state index contributed by atoms with van der Waals surface area (Å²) in [5.41, 5.74) is 5.42. The number of hydrogen-bond acceptors (Lipinski definition) is 18. The van der Waals surface area contributed by atoms with Crippen LogP contribution in [0, 0.1) is 5.92 Å². The van der Waals surface area contributed by atoms with E-state index in [0.717, 1.165) is 61.8 Å². The number of imidazole rings is 1. The number of unbranched alkanes of at least 4 members (excludes halogenated alkanes) is 7. The van der Waals surface area contributed by atoms with Crippen LogP contribution in [0.1, 0.15) is 82.7 Å². The largest absolute Gasteiger partial charge is 0.472 e. The summed E-state index contributed by atoms with van der Waals surface area (Å²) < 4.78 is 87.8. The van der Waals surface area contributed by atoms with Gasteiger partial charge in [-0.15, -0.1) is 0 Å². The molecule has 3 aliphatic heterocycles. The molecule has 0 spiro atoms. The molecule has 0 amide bonds. The number of anilines is 1. The number of H-pyrrole nitrogens is 1. The van der Waals surface area contributed by atoms with E-state index in [1.165, 1.54) is 17.2 Å². The molecule has 0 aliphatic carbocycles. The second kappa shape index (κ2) is 21.0. The highest BCUT2D eigenvalue weighted by Gasteiger charge is 2.54. The summed E-state index contributed by atoms with van der Waals surface area (Å²) in [6, 6.07) is 7.45. The first-order valence-electron chi connectivity index (χ1n) is 20.6. The number of phosphoric ester groups is 1. The fourth-order valence-corrected chi connectivity index (χ4v) is 12.0. The molecular formula is C38H50FN7O14P2S. The van der Waals surface area contributed by atoms with Crippen LogP contribution in [0.5, 0.6) is 5.75 Å². The average Bonchev–Trinajstić information content (AvgIpc) is 3.91. The van der Waals surface area contributed by atoms with Crippen LogP contribution in [0.15, 0.2) is 58.8 Å². The lowest BCUT2D eigenvalue weighted by Gasteiger charge is -2.29. The molecule has 3 aromatic heterocycles. The van der Waals surface area contributed by atoms with E-state index in [-0.39, 0.29) is 36.1 Å². The van der Waals surface area contributed by atoms with Gasteiger partial charge in [-0.2, -0.15) is 0 Å². The van der Waals surface area contributed by atoms with Gasteiger partial charge in [-0.05, 0) is 41.9 Å². The molecule has 1 aromatic carbocycles. The van der Waals surface area contributed by atoms with Crippen molar-refractivity contribution < 1.29 is 60.6 Å². The normalized spacial score (nSPS) is 30.0. The van der Waals surface area contributed by atoms with E-state index < -0.39 is 88.0 Å². The summed E-state index contributed by atoms with van der Waals surface area (Å²) in [5, 5.41) is 8.89. The number of benzene rings is 1. The summed E-state index contributed by atoms with van der Waals surface area (Å²) in [6.07, 6.45) is 0.925. The molecule has 7 rings (SSSR count). The molecule has 3 aliphatic rings. The topological polar surface area (TPSA) is 281 Å². The van der Waals surface area contributed by atoms with Crippen LogP contribution in [0.4, 0.5) is 10.2 Å². The molecule has 0 bridgehead atoms. The third kappa shape index (κ3) is 11.7. The SMILES string of the molecule is C[C@@H]1[C@@H]2OP(=O)(O)OC[C@H]3O[C@@H](n4ccc(=O)[nH]c4=O)C(F)[C@@H]3OP(=O)(SCc3ccc(OC(=O)CCCCCCCCCCO)cc3)OC[C@H]2O[C@H]1n1cnc2c(N)ncnc21.